The van der Waals surface area contributed by atoms with Crippen LogP contribution in [0.4, 0.5) is 11.6 Å². The van der Waals surface area contributed by atoms with Crippen molar-refractivity contribution >= 4 is 28.6 Å². The highest BCUT2D eigenvalue weighted by Crippen LogP contribution is 2.18. The van der Waals surface area contributed by atoms with E-state index in [0.29, 0.717) is 13.2 Å². The van der Waals surface area contributed by atoms with Crippen LogP contribution in [-0.4, -0.2) is 28.6 Å². The van der Waals surface area contributed by atoms with Crippen LogP contribution in [0.25, 0.3) is 11.0 Å². The molecule has 4 rings (SSSR count). The normalized spacial score (nSPS) is 16.9. The van der Waals surface area contributed by atoms with Crippen molar-refractivity contribution in [2.24, 2.45) is 0 Å². The zero-order valence-corrected chi connectivity index (χ0v) is 13.8. The number of imidazole rings is 1. The number of carbonyl (C=O) groups excluding carboxylic acids is 1. The maximum Gasteiger partial charge on any atom is 0.253 e. The smallest absolute Gasteiger partial charge is 0.253 e. The minimum absolute atomic E-state index is 0.0695. The zero-order chi connectivity index (χ0) is 17.1. The minimum atomic E-state index is -0.322. The number of nitrogens with zero attached hydrogens (tertiary/aromatic N) is 1. The largest absolute Gasteiger partial charge is 0.368 e. The second-order valence-corrected chi connectivity index (χ2v) is 6.15. The molecule has 3 N–H and O–H groups in total. The third-order valence-electron chi connectivity index (χ3n) is 4.27. The number of hydrogen-bond donors (Lipinski definition) is 3. The van der Waals surface area contributed by atoms with Gasteiger partial charge in [0.2, 0.25) is 5.95 Å². The molecule has 1 saturated heterocycles. The number of para-hydroxylation sites is 2. The number of anilines is 2. The Kier molecular flexibility index (Phi) is 4.35. The summed E-state index contributed by atoms with van der Waals surface area (Å²) in [4.78, 5) is 19.9. The van der Waals surface area contributed by atoms with Gasteiger partial charge in [-0.1, -0.05) is 24.3 Å². The molecule has 1 amide bonds. The molecule has 6 nitrogen and oxygen atoms in total. The Labute approximate surface area is 145 Å². The van der Waals surface area contributed by atoms with E-state index in [2.05, 4.69) is 20.6 Å². The van der Waals surface area contributed by atoms with Crippen molar-refractivity contribution in [3.8, 4) is 0 Å². The molecule has 0 radical (unpaired) electrons. The summed E-state index contributed by atoms with van der Waals surface area (Å²) in [5.74, 6) is 0.662. The maximum atomic E-state index is 12.1. The van der Waals surface area contributed by atoms with Crippen molar-refractivity contribution in [1.82, 2.24) is 9.97 Å². The molecule has 1 aliphatic heterocycles. The molecule has 0 saturated carbocycles. The number of nitrogens with one attached hydrogen (secondary N) is 3. The summed E-state index contributed by atoms with van der Waals surface area (Å²) in [5, 5.41) is 6.21. The number of hydrogen-bond acceptors (Lipinski definition) is 4. The molecule has 128 valence electrons. The Morgan fingerprint density at radius 2 is 2.16 bits per heavy atom. The fraction of sp³-hybridized carbons (Fsp3) is 0.263. The number of rotatable bonds is 5. The van der Waals surface area contributed by atoms with Crippen molar-refractivity contribution in [2.75, 3.05) is 17.2 Å². The highest BCUT2D eigenvalue weighted by molar-refractivity contribution is 5.94. The van der Waals surface area contributed by atoms with Gasteiger partial charge in [0, 0.05) is 18.8 Å². The predicted molar refractivity (Wildman–Crippen MR) is 97.5 cm³/mol. The summed E-state index contributed by atoms with van der Waals surface area (Å²) < 4.78 is 5.41. The van der Waals surface area contributed by atoms with E-state index in [1.165, 1.54) is 0 Å². The molecular weight excluding hydrogens is 316 g/mol. The van der Waals surface area contributed by atoms with Gasteiger partial charge in [-0.2, -0.15) is 0 Å². The SMILES string of the molecule is O=C(Nc1cccc(CNc2nc3ccccc3[nH]2)c1)C1CCCO1. The molecule has 1 aliphatic rings. The summed E-state index contributed by atoms with van der Waals surface area (Å²) in [7, 11) is 0. The van der Waals surface area contributed by atoms with Gasteiger partial charge in [0.15, 0.2) is 0 Å². The van der Waals surface area contributed by atoms with Crippen LogP contribution in [0, 0.1) is 0 Å². The molecule has 3 aromatic rings. The fourth-order valence-electron chi connectivity index (χ4n) is 2.99. The van der Waals surface area contributed by atoms with Crippen LogP contribution in [0.15, 0.2) is 48.5 Å². The highest BCUT2D eigenvalue weighted by atomic mass is 16.5. The molecule has 2 aromatic carbocycles. The topological polar surface area (TPSA) is 79.0 Å². The molecule has 1 unspecified atom stereocenters. The maximum absolute atomic E-state index is 12.1. The van der Waals surface area contributed by atoms with Gasteiger partial charge in [0.05, 0.1) is 11.0 Å². The molecule has 25 heavy (non-hydrogen) atoms. The van der Waals surface area contributed by atoms with E-state index in [0.717, 1.165) is 41.1 Å². The number of amides is 1. The third kappa shape index (κ3) is 3.64. The first kappa shape index (κ1) is 15.7. The van der Waals surface area contributed by atoms with Crippen molar-refractivity contribution in [3.63, 3.8) is 0 Å². The van der Waals surface area contributed by atoms with Crippen LogP contribution < -0.4 is 10.6 Å². The Hall–Kier alpha value is -2.86. The summed E-state index contributed by atoms with van der Waals surface area (Å²) in [6.07, 6.45) is 1.41. The minimum Gasteiger partial charge on any atom is -0.368 e. The lowest BCUT2D eigenvalue weighted by Crippen LogP contribution is -2.26. The van der Waals surface area contributed by atoms with Crippen molar-refractivity contribution in [2.45, 2.75) is 25.5 Å². The summed E-state index contributed by atoms with van der Waals surface area (Å²) in [6, 6.07) is 15.7. The number of ether oxygens (including phenoxy) is 1. The second-order valence-electron chi connectivity index (χ2n) is 6.15. The summed E-state index contributed by atoms with van der Waals surface area (Å²) in [6.45, 7) is 1.28. The fourth-order valence-corrected chi connectivity index (χ4v) is 2.99. The highest BCUT2D eigenvalue weighted by Gasteiger charge is 2.23. The van der Waals surface area contributed by atoms with Gasteiger partial charge < -0.3 is 20.4 Å². The van der Waals surface area contributed by atoms with Gasteiger partial charge in [-0.05, 0) is 42.7 Å². The number of carbonyl (C=O) groups is 1. The molecular formula is C19H20N4O2. The molecule has 0 spiro atoms. The molecule has 0 aliphatic carbocycles. The van der Waals surface area contributed by atoms with Crippen molar-refractivity contribution in [3.05, 3.63) is 54.1 Å². The zero-order valence-electron chi connectivity index (χ0n) is 13.8. The van der Waals surface area contributed by atoms with E-state index in [-0.39, 0.29) is 12.0 Å². The van der Waals surface area contributed by atoms with Crippen LogP contribution in [-0.2, 0) is 16.1 Å². The lowest BCUT2D eigenvalue weighted by molar-refractivity contribution is -0.124. The lowest BCUT2D eigenvalue weighted by atomic mass is 10.2. The van der Waals surface area contributed by atoms with E-state index in [1.54, 1.807) is 0 Å². The van der Waals surface area contributed by atoms with Gasteiger partial charge in [-0.15, -0.1) is 0 Å². The quantitative estimate of drug-likeness (QED) is 0.668. The monoisotopic (exact) mass is 336 g/mol. The van der Waals surface area contributed by atoms with Crippen LogP contribution >= 0.6 is 0 Å². The molecule has 2 heterocycles. The first-order valence-corrected chi connectivity index (χ1v) is 8.48. The Bertz CT molecular complexity index is 851. The Balaban J connectivity index is 1.39. The summed E-state index contributed by atoms with van der Waals surface area (Å²) in [5.41, 5.74) is 3.78. The van der Waals surface area contributed by atoms with Gasteiger partial charge in [-0.25, -0.2) is 4.98 Å². The van der Waals surface area contributed by atoms with Gasteiger partial charge in [0.25, 0.3) is 5.91 Å². The number of aromatic amines is 1. The molecule has 1 atom stereocenters. The van der Waals surface area contributed by atoms with Crippen LogP contribution in [0.3, 0.4) is 0 Å². The molecule has 1 aromatic heterocycles. The van der Waals surface area contributed by atoms with E-state index in [1.807, 2.05) is 48.5 Å². The summed E-state index contributed by atoms with van der Waals surface area (Å²) >= 11 is 0. The van der Waals surface area contributed by atoms with Crippen molar-refractivity contribution in [1.29, 1.82) is 0 Å². The average molecular weight is 336 g/mol. The molecule has 1 fully saturated rings. The van der Waals surface area contributed by atoms with Crippen LogP contribution in [0.2, 0.25) is 0 Å². The Morgan fingerprint density at radius 3 is 3.00 bits per heavy atom. The predicted octanol–water partition coefficient (Wildman–Crippen LogP) is 3.29. The first-order chi connectivity index (χ1) is 12.3. The molecule has 6 heteroatoms. The van der Waals surface area contributed by atoms with E-state index in [9.17, 15) is 4.79 Å². The standard InChI is InChI=1S/C19H20N4O2/c24-18(17-9-4-10-25-17)21-14-6-3-5-13(11-14)12-20-19-22-15-7-1-2-8-16(15)23-19/h1-3,5-8,11,17H,4,9-10,12H2,(H,21,24)(H2,20,22,23). The number of benzene rings is 2. The van der Waals surface area contributed by atoms with Gasteiger partial charge in [0.1, 0.15) is 6.10 Å². The first-order valence-electron chi connectivity index (χ1n) is 8.48. The molecule has 0 bridgehead atoms. The third-order valence-corrected chi connectivity index (χ3v) is 4.27. The second kappa shape index (κ2) is 6.94. The van der Waals surface area contributed by atoms with Gasteiger partial charge >= 0.3 is 0 Å². The lowest BCUT2D eigenvalue weighted by Gasteiger charge is -2.11. The van der Waals surface area contributed by atoms with Crippen LogP contribution in [0.5, 0.6) is 0 Å². The average Bonchev–Trinajstić information content (AvgIpc) is 3.29. The number of aromatic nitrogens is 2. The number of fused-ring (bicyclic) bond motifs is 1. The van der Waals surface area contributed by atoms with Crippen LogP contribution in [0.1, 0.15) is 18.4 Å². The van der Waals surface area contributed by atoms with Gasteiger partial charge in [-0.3, -0.25) is 4.79 Å². The van der Waals surface area contributed by atoms with E-state index >= 15 is 0 Å². The number of H-pyrrole nitrogens is 1. The Morgan fingerprint density at radius 1 is 1.24 bits per heavy atom. The van der Waals surface area contributed by atoms with E-state index in [4.69, 9.17) is 4.74 Å². The van der Waals surface area contributed by atoms with Crippen molar-refractivity contribution < 1.29 is 9.53 Å². The van der Waals surface area contributed by atoms with E-state index < -0.39 is 0 Å².